The summed E-state index contributed by atoms with van der Waals surface area (Å²) < 4.78 is 0. The molecule has 1 N–H and O–H groups in total. The zero-order valence-corrected chi connectivity index (χ0v) is 7.30. The van der Waals surface area contributed by atoms with Crippen LogP contribution in [-0.2, 0) is 0 Å². The van der Waals surface area contributed by atoms with Gasteiger partial charge in [0, 0.05) is 0 Å². The van der Waals surface area contributed by atoms with Gasteiger partial charge in [-0.15, -0.1) is 0 Å². The predicted molar refractivity (Wildman–Crippen MR) is 46.3 cm³/mol. The molecule has 0 radical (unpaired) electrons. The summed E-state index contributed by atoms with van der Waals surface area (Å²) in [5.41, 5.74) is 0. The topological polar surface area (TPSA) is 23.5 Å². The first kappa shape index (κ1) is 12.2. The van der Waals surface area contributed by atoms with Crippen molar-refractivity contribution in [2.24, 2.45) is 0 Å². The van der Waals surface area contributed by atoms with E-state index in [2.05, 4.69) is 32.3 Å². The summed E-state index contributed by atoms with van der Waals surface area (Å²) in [6, 6.07) is 0. The highest BCUT2D eigenvalue weighted by atomic mass is 16.2. The van der Waals surface area contributed by atoms with Crippen molar-refractivity contribution in [2.45, 2.75) is 20.8 Å². The van der Waals surface area contributed by atoms with E-state index in [0.29, 0.717) is 0 Å². The Labute approximate surface area is 64.2 Å². The van der Waals surface area contributed by atoms with Crippen molar-refractivity contribution in [2.75, 3.05) is 19.6 Å². The maximum atomic E-state index is 7.33. The zero-order chi connectivity index (χ0) is 8.41. The lowest BCUT2D eigenvalue weighted by atomic mass is 10.5. The van der Waals surface area contributed by atoms with Crippen molar-refractivity contribution in [3.8, 4) is 0 Å². The minimum atomic E-state index is 0.750. The van der Waals surface area contributed by atoms with E-state index < -0.39 is 0 Å². The van der Waals surface area contributed by atoms with Gasteiger partial charge in [-0.25, -0.2) is 0 Å². The number of hydrogen-bond donors (Lipinski definition) is 1. The SMILES string of the molecule is C=CO.CCN(CC)CC. The first-order chi connectivity index (χ1) is 4.76. The number of hydrogen-bond acceptors (Lipinski definition) is 2. The van der Waals surface area contributed by atoms with Gasteiger partial charge in [-0.1, -0.05) is 27.4 Å². The zero-order valence-electron chi connectivity index (χ0n) is 7.30. The first-order valence-corrected chi connectivity index (χ1v) is 3.74. The molecule has 0 heterocycles. The monoisotopic (exact) mass is 145 g/mol. The molecule has 0 amide bonds. The molecule has 0 aliphatic rings. The van der Waals surface area contributed by atoms with Crippen LogP contribution in [0.15, 0.2) is 12.8 Å². The minimum Gasteiger partial charge on any atom is -0.516 e. The molecule has 0 aliphatic carbocycles. The van der Waals surface area contributed by atoms with E-state index in [1.165, 1.54) is 19.6 Å². The maximum Gasteiger partial charge on any atom is 0.0719 e. The van der Waals surface area contributed by atoms with Gasteiger partial charge in [0.15, 0.2) is 0 Å². The Hall–Kier alpha value is -0.500. The fourth-order valence-electron chi connectivity index (χ4n) is 0.671. The van der Waals surface area contributed by atoms with Crippen LogP contribution < -0.4 is 0 Å². The third kappa shape index (κ3) is 10.5. The Balaban J connectivity index is 0. The quantitative estimate of drug-likeness (QED) is 0.614. The van der Waals surface area contributed by atoms with Gasteiger partial charge in [0.05, 0.1) is 6.26 Å². The average Bonchev–Trinajstić information content (AvgIpc) is 1.93. The van der Waals surface area contributed by atoms with Gasteiger partial charge in [-0.2, -0.15) is 0 Å². The standard InChI is InChI=1S/C6H15N.C2H4O/c1-4-7(5-2)6-3;1-2-3/h4-6H2,1-3H3;2-3H,1H2. The van der Waals surface area contributed by atoms with Crippen molar-refractivity contribution in [3.05, 3.63) is 12.8 Å². The number of rotatable bonds is 3. The summed E-state index contributed by atoms with van der Waals surface area (Å²) in [6.07, 6.45) is 0.750. The Bertz CT molecular complexity index is 54.8. The molecule has 0 spiro atoms. The van der Waals surface area contributed by atoms with Crippen LogP contribution in [0.2, 0.25) is 0 Å². The molecule has 0 aromatic heterocycles. The fourth-order valence-corrected chi connectivity index (χ4v) is 0.671. The largest absolute Gasteiger partial charge is 0.516 e. The molecule has 2 nitrogen and oxygen atoms in total. The van der Waals surface area contributed by atoms with Gasteiger partial charge >= 0.3 is 0 Å². The van der Waals surface area contributed by atoms with Crippen LogP contribution in [0, 0.1) is 0 Å². The maximum absolute atomic E-state index is 7.33. The van der Waals surface area contributed by atoms with Crippen LogP contribution >= 0.6 is 0 Å². The van der Waals surface area contributed by atoms with Crippen molar-refractivity contribution in [1.29, 1.82) is 0 Å². The Morgan fingerprint density at radius 3 is 1.40 bits per heavy atom. The third-order valence-electron chi connectivity index (χ3n) is 1.34. The summed E-state index contributed by atoms with van der Waals surface area (Å²) in [7, 11) is 0. The summed E-state index contributed by atoms with van der Waals surface area (Å²) in [5, 5.41) is 7.33. The molecule has 0 saturated heterocycles. The van der Waals surface area contributed by atoms with Crippen LogP contribution in [0.1, 0.15) is 20.8 Å². The van der Waals surface area contributed by atoms with E-state index in [1.54, 1.807) is 0 Å². The van der Waals surface area contributed by atoms with E-state index in [1.807, 2.05) is 0 Å². The van der Waals surface area contributed by atoms with E-state index in [4.69, 9.17) is 5.11 Å². The molecule has 2 heteroatoms. The van der Waals surface area contributed by atoms with Crippen LogP contribution in [0.3, 0.4) is 0 Å². The lowest BCUT2D eigenvalue weighted by molar-refractivity contribution is 0.321. The fraction of sp³-hybridized carbons (Fsp3) is 0.750. The van der Waals surface area contributed by atoms with Crippen molar-refractivity contribution >= 4 is 0 Å². The predicted octanol–water partition coefficient (Wildman–Crippen LogP) is 2.04. The molecule has 0 fully saturated rings. The minimum absolute atomic E-state index is 0.750. The molecule has 10 heavy (non-hydrogen) atoms. The lowest BCUT2D eigenvalue weighted by Crippen LogP contribution is -2.21. The Kier molecular flexibility index (Phi) is 13.8. The van der Waals surface area contributed by atoms with E-state index in [0.717, 1.165) is 6.26 Å². The second-order valence-corrected chi connectivity index (χ2v) is 1.80. The highest BCUT2D eigenvalue weighted by Gasteiger charge is 1.89. The summed E-state index contributed by atoms with van der Waals surface area (Å²) in [4.78, 5) is 2.38. The highest BCUT2D eigenvalue weighted by molar-refractivity contribution is 4.43. The summed E-state index contributed by atoms with van der Waals surface area (Å²) in [6.45, 7) is 13.0. The molecule has 0 rings (SSSR count). The Morgan fingerprint density at radius 2 is 1.40 bits per heavy atom. The summed E-state index contributed by atoms with van der Waals surface area (Å²) in [5.74, 6) is 0. The van der Waals surface area contributed by atoms with Gasteiger partial charge in [0.25, 0.3) is 0 Å². The van der Waals surface area contributed by atoms with Crippen molar-refractivity contribution in [3.63, 3.8) is 0 Å². The molecular weight excluding hydrogens is 126 g/mol. The second-order valence-electron chi connectivity index (χ2n) is 1.80. The highest BCUT2D eigenvalue weighted by Crippen LogP contribution is 1.81. The molecule has 0 unspecified atom stereocenters. The molecule has 0 atom stereocenters. The summed E-state index contributed by atoms with van der Waals surface area (Å²) >= 11 is 0. The van der Waals surface area contributed by atoms with Gasteiger partial charge in [0.2, 0.25) is 0 Å². The Morgan fingerprint density at radius 1 is 1.20 bits per heavy atom. The normalized spacial score (nSPS) is 8.40. The van der Waals surface area contributed by atoms with Gasteiger partial charge < -0.3 is 10.0 Å². The lowest BCUT2D eigenvalue weighted by Gasteiger charge is -2.13. The molecule has 0 saturated carbocycles. The first-order valence-electron chi connectivity index (χ1n) is 3.74. The number of aliphatic hydroxyl groups is 1. The molecule has 0 bridgehead atoms. The van der Waals surface area contributed by atoms with Crippen molar-refractivity contribution < 1.29 is 5.11 Å². The van der Waals surface area contributed by atoms with Crippen LogP contribution in [0.5, 0.6) is 0 Å². The number of aliphatic hydroxyl groups excluding tert-OH is 1. The van der Waals surface area contributed by atoms with Crippen LogP contribution in [0.4, 0.5) is 0 Å². The van der Waals surface area contributed by atoms with Gasteiger partial charge in [-0.3, -0.25) is 0 Å². The smallest absolute Gasteiger partial charge is 0.0719 e. The third-order valence-corrected chi connectivity index (χ3v) is 1.34. The molecular formula is C8H19NO. The van der Waals surface area contributed by atoms with Crippen LogP contribution in [-0.4, -0.2) is 29.6 Å². The van der Waals surface area contributed by atoms with E-state index in [-0.39, 0.29) is 0 Å². The van der Waals surface area contributed by atoms with Crippen LogP contribution in [0.25, 0.3) is 0 Å². The molecule has 0 aromatic carbocycles. The van der Waals surface area contributed by atoms with E-state index in [9.17, 15) is 0 Å². The number of nitrogens with zero attached hydrogens (tertiary/aromatic N) is 1. The molecule has 0 aromatic rings. The van der Waals surface area contributed by atoms with Crippen molar-refractivity contribution in [1.82, 2.24) is 4.90 Å². The van der Waals surface area contributed by atoms with Gasteiger partial charge in [-0.05, 0) is 19.6 Å². The average molecular weight is 145 g/mol. The molecule has 62 valence electrons. The van der Waals surface area contributed by atoms with Gasteiger partial charge in [0.1, 0.15) is 0 Å². The van der Waals surface area contributed by atoms with E-state index >= 15 is 0 Å². The second kappa shape index (κ2) is 11.3. The molecule has 0 aliphatic heterocycles.